The fraction of sp³-hybridized carbons (Fsp3) is 0.929. The molecule has 5 heteroatoms. The highest BCUT2D eigenvalue weighted by molar-refractivity contribution is 5.76. The zero-order chi connectivity index (χ0) is 14.3. The van der Waals surface area contributed by atoms with Crippen LogP contribution in [0.3, 0.4) is 0 Å². The van der Waals surface area contributed by atoms with Crippen molar-refractivity contribution in [3.05, 3.63) is 0 Å². The second kappa shape index (κ2) is 8.51. The maximum Gasteiger partial charge on any atom is 0.324 e. The number of ether oxygens (including phenoxy) is 1. The Labute approximate surface area is 117 Å². The van der Waals surface area contributed by atoms with E-state index in [-0.39, 0.29) is 18.1 Å². The summed E-state index contributed by atoms with van der Waals surface area (Å²) >= 11 is 0. The van der Waals surface area contributed by atoms with E-state index >= 15 is 0 Å². The lowest BCUT2D eigenvalue weighted by atomic mass is 10.2. The van der Waals surface area contributed by atoms with Crippen LogP contribution >= 0.6 is 0 Å². The van der Waals surface area contributed by atoms with E-state index in [9.17, 15) is 4.79 Å². The van der Waals surface area contributed by atoms with Crippen LogP contribution in [0.15, 0.2) is 0 Å². The van der Waals surface area contributed by atoms with Gasteiger partial charge in [0.2, 0.25) is 0 Å². The SMILES string of the molecule is CCCN1CCN(CC(NC(C)C)C(=O)OC)CC1. The van der Waals surface area contributed by atoms with Crippen LogP contribution in [0.1, 0.15) is 27.2 Å². The van der Waals surface area contributed by atoms with Crippen molar-refractivity contribution in [3.8, 4) is 0 Å². The summed E-state index contributed by atoms with van der Waals surface area (Å²) in [6.45, 7) is 12.5. The van der Waals surface area contributed by atoms with Gasteiger partial charge in [-0.1, -0.05) is 20.8 Å². The monoisotopic (exact) mass is 271 g/mol. The highest BCUT2D eigenvalue weighted by atomic mass is 16.5. The number of hydrogen-bond donors (Lipinski definition) is 1. The number of esters is 1. The molecule has 1 aliphatic rings. The molecule has 0 radical (unpaired) electrons. The molecule has 0 aromatic rings. The van der Waals surface area contributed by atoms with Crippen molar-refractivity contribution in [1.82, 2.24) is 15.1 Å². The molecule has 1 rings (SSSR count). The second-order valence-electron chi connectivity index (χ2n) is 5.54. The topological polar surface area (TPSA) is 44.8 Å². The summed E-state index contributed by atoms with van der Waals surface area (Å²) in [7, 11) is 1.45. The summed E-state index contributed by atoms with van der Waals surface area (Å²) in [4.78, 5) is 16.6. The molecule has 0 bridgehead atoms. The van der Waals surface area contributed by atoms with Crippen LogP contribution in [0.25, 0.3) is 0 Å². The quantitative estimate of drug-likeness (QED) is 0.685. The molecule has 0 aromatic carbocycles. The lowest BCUT2D eigenvalue weighted by Crippen LogP contribution is -2.54. The molecular formula is C14H29N3O2. The number of hydrogen-bond acceptors (Lipinski definition) is 5. The van der Waals surface area contributed by atoms with Crippen LogP contribution in [0.4, 0.5) is 0 Å². The number of rotatable bonds is 7. The van der Waals surface area contributed by atoms with Crippen LogP contribution in [-0.4, -0.2) is 74.2 Å². The summed E-state index contributed by atoms with van der Waals surface area (Å²) in [6.07, 6.45) is 1.21. The molecule has 0 spiro atoms. The third-order valence-corrected chi connectivity index (χ3v) is 3.47. The predicted octanol–water partition coefficient (Wildman–Crippen LogP) is 0.554. The van der Waals surface area contributed by atoms with E-state index in [0.29, 0.717) is 0 Å². The third kappa shape index (κ3) is 5.89. The van der Waals surface area contributed by atoms with Crippen LogP contribution in [0.5, 0.6) is 0 Å². The average molecular weight is 271 g/mol. The maximum atomic E-state index is 11.8. The first-order chi connectivity index (χ1) is 9.06. The molecule has 5 nitrogen and oxygen atoms in total. The molecule has 0 aromatic heterocycles. The van der Waals surface area contributed by atoms with Crippen LogP contribution in [-0.2, 0) is 9.53 Å². The molecule has 1 atom stereocenters. The van der Waals surface area contributed by atoms with Gasteiger partial charge in [-0.3, -0.25) is 9.69 Å². The molecule has 0 aliphatic carbocycles. The van der Waals surface area contributed by atoms with Gasteiger partial charge in [0.15, 0.2) is 0 Å². The summed E-state index contributed by atoms with van der Waals surface area (Å²) < 4.78 is 4.88. The molecule has 19 heavy (non-hydrogen) atoms. The van der Waals surface area contributed by atoms with Crippen molar-refractivity contribution in [2.75, 3.05) is 46.4 Å². The standard InChI is InChI=1S/C14H29N3O2/c1-5-6-16-7-9-17(10-8-16)11-13(14(18)19-4)15-12(2)3/h12-13,15H,5-11H2,1-4H3. The Bertz CT molecular complexity index is 263. The van der Waals surface area contributed by atoms with E-state index in [1.165, 1.54) is 20.1 Å². The first-order valence-corrected chi connectivity index (χ1v) is 7.35. The van der Waals surface area contributed by atoms with Gasteiger partial charge >= 0.3 is 5.97 Å². The van der Waals surface area contributed by atoms with Crippen molar-refractivity contribution in [3.63, 3.8) is 0 Å². The van der Waals surface area contributed by atoms with Gasteiger partial charge in [-0.25, -0.2) is 0 Å². The van der Waals surface area contributed by atoms with E-state index in [0.717, 1.165) is 32.7 Å². The lowest BCUT2D eigenvalue weighted by molar-refractivity contribution is -0.144. The fourth-order valence-corrected chi connectivity index (χ4v) is 2.51. The highest BCUT2D eigenvalue weighted by Crippen LogP contribution is 2.04. The lowest BCUT2D eigenvalue weighted by Gasteiger charge is -2.36. The first-order valence-electron chi connectivity index (χ1n) is 7.35. The zero-order valence-electron chi connectivity index (χ0n) is 12.8. The minimum Gasteiger partial charge on any atom is -0.468 e. The van der Waals surface area contributed by atoms with Gasteiger partial charge in [-0.05, 0) is 13.0 Å². The Balaban J connectivity index is 2.40. The van der Waals surface area contributed by atoms with Crippen LogP contribution < -0.4 is 5.32 Å². The minimum atomic E-state index is -0.220. The van der Waals surface area contributed by atoms with Crippen LogP contribution in [0, 0.1) is 0 Å². The summed E-state index contributed by atoms with van der Waals surface area (Å²) in [5.74, 6) is -0.162. The zero-order valence-corrected chi connectivity index (χ0v) is 12.8. The van der Waals surface area contributed by atoms with Crippen molar-refractivity contribution in [2.45, 2.75) is 39.3 Å². The smallest absolute Gasteiger partial charge is 0.324 e. The molecule has 1 saturated heterocycles. The molecule has 1 fully saturated rings. The molecule has 0 amide bonds. The van der Waals surface area contributed by atoms with Gasteiger partial charge in [0.05, 0.1) is 7.11 Å². The minimum absolute atomic E-state index is 0.162. The van der Waals surface area contributed by atoms with E-state index in [1.807, 2.05) is 0 Å². The second-order valence-corrected chi connectivity index (χ2v) is 5.54. The van der Waals surface area contributed by atoms with E-state index in [1.54, 1.807) is 0 Å². The van der Waals surface area contributed by atoms with Gasteiger partial charge in [0, 0.05) is 38.8 Å². The molecule has 1 aliphatic heterocycles. The van der Waals surface area contributed by atoms with Crippen molar-refractivity contribution in [1.29, 1.82) is 0 Å². The summed E-state index contributed by atoms with van der Waals surface area (Å²) in [6, 6.07) is 0.0632. The Hall–Kier alpha value is -0.650. The van der Waals surface area contributed by atoms with Gasteiger partial charge < -0.3 is 15.0 Å². The fourth-order valence-electron chi connectivity index (χ4n) is 2.51. The van der Waals surface area contributed by atoms with Gasteiger partial charge in [-0.15, -0.1) is 0 Å². The number of methoxy groups -OCH3 is 1. The number of nitrogens with zero attached hydrogens (tertiary/aromatic N) is 2. The Morgan fingerprint density at radius 1 is 1.21 bits per heavy atom. The van der Waals surface area contributed by atoms with Gasteiger partial charge in [-0.2, -0.15) is 0 Å². The third-order valence-electron chi connectivity index (χ3n) is 3.47. The van der Waals surface area contributed by atoms with Crippen molar-refractivity contribution in [2.24, 2.45) is 0 Å². The van der Waals surface area contributed by atoms with Crippen molar-refractivity contribution >= 4 is 5.97 Å². The molecule has 112 valence electrons. The normalized spacial score (nSPS) is 19.6. The molecule has 1 heterocycles. The largest absolute Gasteiger partial charge is 0.468 e. The van der Waals surface area contributed by atoms with Crippen molar-refractivity contribution < 1.29 is 9.53 Å². The Morgan fingerprint density at radius 3 is 2.26 bits per heavy atom. The molecule has 1 N–H and O–H groups in total. The maximum absolute atomic E-state index is 11.8. The number of piperazine rings is 1. The van der Waals surface area contributed by atoms with Gasteiger partial charge in [0.25, 0.3) is 0 Å². The predicted molar refractivity (Wildman–Crippen MR) is 77.2 cm³/mol. The number of carbonyl (C=O) groups excluding carboxylic acids is 1. The number of nitrogens with one attached hydrogen (secondary N) is 1. The molecule has 1 unspecified atom stereocenters. The molecule has 0 saturated carbocycles. The van der Waals surface area contributed by atoms with E-state index in [2.05, 4.69) is 35.9 Å². The van der Waals surface area contributed by atoms with Gasteiger partial charge in [0.1, 0.15) is 6.04 Å². The van der Waals surface area contributed by atoms with E-state index < -0.39 is 0 Å². The van der Waals surface area contributed by atoms with Crippen LogP contribution in [0.2, 0.25) is 0 Å². The Morgan fingerprint density at radius 2 is 1.79 bits per heavy atom. The summed E-state index contributed by atoms with van der Waals surface area (Å²) in [5.41, 5.74) is 0. The van der Waals surface area contributed by atoms with E-state index in [4.69, 9.17) is 4.74 Å². The number of carbonyl (C=O) groups is 1. The first kappa shape index (κ1) is 16.4. The average Bonchev–Trinajstić information content (AvgIpc) is 2.39. The Kier molecular flexibility index (Phi) is 7.34. The summed E-state index contributed by atoms with van der Waals surface area (Å²) in [5, 5.41) is 3.28. The molecular weight excluding hydrogens is 242 g/mol. The highest BCUT2D eigenvalue weighted by Gasteiger charge is 2.25.